The van der Waals surface area contributed by atoms with Crippen molar-refractivity contribution in [3.63, 3.8) is 0 Å². The maximum absolute atomic E-state index is 12.6. The second kappa shape index (κ2) is 7.46. The zero-order valence-corrected chi connectivity index (χ0v) is 15.1. The Hall–Kier alpha value is -2.40. The molecule has 0 saturated heterocycles. The van der Waals surface area contributed by atoms with Gasteiger partial charge in [-0.3, -0.25) is 4.79 Å². The van der Waals surface area contributed by atoms with Crippen molar-refractivity contribution in [3.05, 3.63) is 47.2 Å². The fourth-order valence-corrected chi connectivity index (χ4v) is 3.59. The van der Waals surface area contributed by atoms with Gasteiger partial charge in [0, 0.05) is 23.4 Å². The van der Waals surface area contributed by atoms with Crippen LogP contribution in [-0.4, -0.2) is 21.9 Å². The Bertz CT molecular complexity index is 930. The molecule has 0 atom stereocenters. The molecule has 5 nitrogen and oxygen atoms in total. The van der Waals surface area contributed by atoms with Crippen LogP contribution in [0.5, 0.6) is 0 Å². The van der Waals surface area contributed by atoms with E-state index in [1.54, 1.807) is 30.5 Å². The van der Waals surface area contributed by atoms with Gasteiger partial charge in [0.05, 0.1) is 0 Å². The van der Waals surface area contributed by atoms with E-state index in [0.717, 1.165) is 18.4 Å². The third-order valence-electron chi connectivity index (χ3n) is 4.81. The maximum Gasteiger partial charge on any atom is 0.251 e. The molecule has 0 aliphatic heterocycles. The fraction of sp³-hybridized carbons (Fsp3) is 0.350. The van der Waals surface area contributed by atoms with Crippen LogP contribution in [0.4, 0.5) is 0 Å². The SMILES string of the molecule is O=C(NC1CCCCCC1)c1ccc2nc(-c3ccnc(Cl)c3)oc2c1. The fourth-order valence-electron chi connectivity index (χ4n) is 3.42. The molecule has 1 aliphatic rings. The predicted molar refractivity (Wildman–Crippen MR) is 101 cm³/mol. The lowest BCUT2D eigenvalue weighted by molar-refractivity contribution is 0.0933. The third kappa shape index (κ3) is 3.73. The summed E-state index contributed by atoms with van der Waals surface area (Å²) in [4.78, 5) is 21.0. The summed E-state index contributed by atoms with van der Waals surface area (Å²) < 4.78 is 5.83. The molecule has 4 rings (SSSR count). The first-order valence-corrected chi connectivity index (χ1v) is 9.40. The number of carbonyl (C=O) groups is 1. The van der Waals surface area contributed by atoms with E-state index in [1.165, 1.54) is 25.7 Å². The van der Waals surface area contributed by atoms with Crippen molar-refractivity contribution in [2.45, 2.75) is 44.6 Å². The molecule has 2 heterocycles. The van der Waals surface area contributed by atoms with E-state index in [0.29, 0.717) is 27.7 Å². The molecule has 1 aromatic carbocycles. The number of benzene rings is 1. The van der Waals surface area contributed by atoms with Crippen molar-refractivity contribution in [1.82, 2.24) is 15.3 Å². The number of amides is 1. The minimum Gasteiger partial charge on any atom is -0.436 e. The lowest BCUT2D eigenvalue weighted by atomic mass is 10.1. The number of nitrogens with zero attached hydrogens (tertiary/aromatic N) is 2. The van der Waals surface area contributed by atoms with Crippen molar-refractivity contribution < 1.29 is 9.21 Å². The van der Waals surface area contributed by atoms with Crippen molar-refractivity contribution in [1.29, 1.82) is 0 Å². The third-order valence-corrected chi connectivity index (χ3v) is 5.02. The average molecular weight is 370 g/mol. The van der Waals surface area contributed by atoms with Gasteiger partial charge in [-0.1, -0.05) is 37.3 Å². The van der Waals surface area contributed by atoms with E-state index in [4.69, 9.17) is 16.0 Å². The van der Waals surface area contributed by atoms with Gasteiger partial charge < -0.3 is 9.73 Å². The van der Waals surface area contributed by atoms with Gasteiger partial charge in [-0.25, -0.2) is 9.97 Å². The molecule has 1 aliphatic carbocycles. The Morgan fingerprint density at radius 1 is 1.12 bits per heavy atom. The molecule has 26 heavy (non-hydrogen) atoms. The highest BCUT2D eigenvalue weighted by molar-refractivity contribution is 6.29. The first kappa shape index (κ1) is 17.0. The largest absolute Gasteiger partial charge is 0.436 e. The topological polar surface area (TPSA) is 68.0 Å². The highest BCUT2D eigenvalue weighted by atomic mass is 35.5. The molecular weight excluding hydrogens is 350 g/mol. The minimum absolute atomic E-state index is 0.0521. The number of fused-ring (bicyclic) bond motifs is 1. The monoisotopic (exact) mass is 369 g/mol. The normalized spacial score (nSPS) is 15.7. The van der Waals surface area contributed by atoms with Gasteiger partial charge in [0.1, 0.15) is 10.7 Å². The molecular formula is C20H20ClN3O2. The summed E-state index contributed by atoms with van der Waals surface area (Å²) in [7, 11) is 0. The smallest absolute Gasteiger partial charge is 0.251 e. The molecule has 1 N–H and O–H groups in total. The van der Waals surface area contributed by atoms with Gasteiger partial charge >= 0.3 is 0 Å². The number of oxazole rings is 1. The zero-order valence-electron chi connectivity index (χ0n) is 14.4. The Kier molecular flexibility index (Phi) is 4.89. The number of nitrogens with one attached hydrogen (secondary N) is 1. The van der Waals surface area contributed by atoms with Crippen LogP contribution in [0, 0.1) is 0 Å². The lowest BCUT2D eigenvalue weighted by Gasteiger charge is -2.16. The standard InChI is InChI=1S/C20H20ClN3O2/c21-18-12-14(9-10-22-18)20-24-16-8-7-13(11-17(16)26-20)19(25)23-15-5-3-1-2-4-6-15/h7-12,15H,1-6H2,(H,23,25). The van der Waals surface area contributed by atoms with Crippen molar-refractivity contribution in [2.24, 2.45) is 0 Å². The van der Waals surface area contributed by atoms with Crippen molar-refractivity contribution in [3.8, 4) is 11.5 Å². The van der Waals surface area contributed by atoms with Gasteiger partial charge in [0.25, 0.3) is 5.91 Å². The Balaban J connectivity index is 1.56. The van der Waals surface area contributed by atoms with Crippen molar-refractivity contribution >= 4 is 28.6 Å². The van der Waals surface area contributed by atoms with Crippen LogP contribution in [0.3, 0.4) is 0 Å². The second-order valence-electron chi connectivity index (χ2n) is 6.73. The van der Waals surface area contributed by atoms with Crippen LogP contribution < -0.4 is 5.32 Å². The summed E-state index contributed by atoms with van der Waals surface area (Å²) in [6.45, 7) is 0. The Morgan fingerprint density at radius 2 is 1.92 bits per heavy atom. The van der Waals surface area contributed by atoms with Crippen molar-refractivity contribution in [2.75, 3.05) is 0 Å². The number of hydrogen-bond acceptors (Lipinski definition) is 4. The number of aromatic nitrogens is 2. The van der Waals surface area contributed by atoms with Crippen LogP contribution in [0.25, 0.3) is 22.6 Å². The second-order valence-corrected chi connectivity index (χ2v) is 7.12. The molecule has 1 fully saturated rings. The van der Waals surface area contributed by atoms with Gasteiger partial charge in [-0.2, -0.15) is 0 Å². The van der Waals surface area contributed by atoms with Gasteiger partial charge in [-0.15, -0.1) is 0 Å². The molecule has 6 heteroatoms. The summed E-state index contributed by atoms with van der Waals surface area (Å²) >= 11 is 5.93. The molecule has 0 bridgehead atoms. The summed E-state index contributed by atoms with van der Waals surface area (Å²) in [5.41, 5.74) is 2.64. The van der Waals surface area contributed by atoms with Crippen LogP contribution >= 0.6 is 11.6 Å². The molecule has 134 valence electrons. The Morgan fingerprint density at radius 3 is 2.69 bits per heavy atom. The summed E-state index contributed by atoms with van der Waals surface area (Å²) in [6, 6.07) is 9.11. The highest BCUT2D eigenvalue weighted by Gasteiger charge is 2.17. The average Bonchev–Trinajstić information content (AvgIpc) is 2.91. The van der Waals surface area contributed by atoms with Gasteiger partial charge in [0.15, 0.2) is 5.58 Å². The van der Waals surface area contributed by atoms with E-state index >= 15 is 0 Å². The molecule has 0 radical (unpaired) electrons. The van der Waals surface area contributed by atoms with Crippen LogP contribution in [0.2, 0.25) is 5.15 Å². The summed E-state index contributed by atoms with van der Waals surface area (Å²) in [5, 5.41) is 3.54. The van der Waals surface area contributed by atoms with Crippen LogP contribution in [0.15, 0.2) is 40.9 Å². The van der Waals surface area contributed by atoms with Gasteiger partial charge in [-0.05, 0) is 43.2 Å². The molecule has 0 spiro atoms. The van der Waals surface area contributed by atoms with E-state index in [9.17, 15) is 4.79 Å². The minimum atomic E-state index is -0.0521. The maximum atomic E-state index is 12.6. The summed E-state index contributed by atoms with van der Waals surface area (Å²) in [6.07, 6.45) is 8.62. The quantitative estimate of drug-likeness (QED) is 0.521. The van der Waals surface area contributed by atoms with E-state index in [2.05, 4.69) is 15.3 Å². The Labute approximate surface area is 156 Å². The predicted octanol–water partition coefficient (Wildman–Crippen LogP) is 5.00. The first-order valence-electron chi connectivity index (χ1n) is 9.02. The van der Waals surface area contributed by atoms with Crippen LogP contribution in [-0.2, 0) is 0 Å². The molecule has 0 unspecified atom stereocenters. The number of halogens is 1. The molecule has 1 amide bonds. The molecule has 3 aromatic rings. The molecule has 1 saturated carbocycles. The number of hydrogen-bond donors (Lipinski definition) is 1. The lowest BCUT2D eigenvalue weighted by Crippen LogP contribution is -2.34. The number of pyridine rings is 1. The molecule has 2 aromatic heterocycles. The summed E-state index contributed by atoms with van der Waals surface area (Å²) in [5.74, 6) is 0.411. The van der Waals surface area contributed by atoms with E-state index in [-0.39, 0.29) is 11.9 Å². The van der Waals surface area contributed by atoms with E-state index in [1.807, 2.05) is 6.07 Å². The number of carbonyl (C=O) groups excluding carboxylic acids is 1. The highest BCUT2D eigenvalue weighted by Crippen LogP contribution is 2.26. The van der Waals surface area contributed by atoms with Gasteiger partial charge in [0.2, 0.25) is 5.89 Å². The zero-order chi connectivity index (χ0) is 17.9. The van der Waals surface area contributed by atoms with E-state index < -0.39 is 0 Å². The first-order chi connectivity index (χ1) is 12.7. The number of rotatable bonds is 3. The van der Waals surface area contributed by atoms with Crippen LogP contribution in [0.1, 0.15) is 48.9 Å².